The topological polar surface area (TPSA) is 86.7 Å². The Hall–Kier alpha value is -2.37. The smallest absolute Gasteiger partial charge is 0.311 e. The van der Waals surface area contributed by atoms with Crippen molar-refractivity contribution in [3.8, 4) is 0 Å². The third kappa shape index (κ3) is 3.74. The van der Waals surface area contributed by atoms with Gasteiger partial charge in [0.1, 0.15) is 0 Å². The van der Waals surface area contributed by atoms with Gasteiger partial charge in [-0.25, -0.2) is 0 Å². The fourth-order valence-electron chi connectivity index (χ4n) is 3.42. The van der Waals surface area contributed by atoms with E-state index in [1.165, 1.54) is 0 Å². The average molecular weight is 360 g/mol. The summed E-state index contributed by atoms with van der Waals surface area (Å²) in [6, 6.07) is 5.79. The normalized spacial score (nSPS) is 17.5. The fraction of sp³-hybridized carbons (Fsp3) is 0.550. The largest absolute Gasteiger partial charge is 0.481 e. The third-order valence-corrected chi connectivity index (χ3v) is 5.77. The van der Waals surface area contributed by atoms with E-state index in [9.17, 15) is 19.5 Å². The first-order chi connectivity index (χ1) is 12.3. The zero-order valence-corrected chi connectivity index (χ0v) is 16.0. The van der Waals surface area contributed by atoms with Gasteiger partial charge in [-0.1, -0.05) is 26.0 Å². The van der Waals surface area contributed by atoms with E-state index >= 15 is 0 Å². The van der Waals surface area contributed by atoms with Crippen LogP contribution in [0.15, 0.2) is 18.2 Å². The Labute approximate surface area is 154 Å². The Morgan fingerprint density at radius 3 is 2.50 bits per heavy atom. The van der Waals surface area contributed by atoms with E-state index < -0.39 is 17.3 Å². The van der Waals surface area contributed by atoms with Crippen molar-refractivity contribution in [2.75, 3.05) is 18.0 Å². The Balaban J connectivity index is 2.07. The molecule has 1 heterocycles. The minimum absolute atomic E-state index is 0.0747. The molecule has 0 saturated carbocycles. The summed E-state index contributed by atoms with van der Waals surface area (Å²) in [5, 5.41) is 12.2. The number of nitrogens with one attached hydrogen (secondary N) is 1. The van der Waals surface area contributed by atoms with Gasteiger partial charge in [-0.3, -0.25) is 14.4 Å². The number of carbonyl (C=O) groups is 3. The standard InChI is InChI=1S/C20H28N2O4/c1-5-20(6-2,19(25)26)12-21-18(24)15-10-17(23)22(11-15)16-9-7-8-13(3)14(16)4/h7-9,15H,5-6,10-12H2,1-4H3,(H,21,24)(H,25,26). The summed E-state index contributed by atoms with van der Waals surface area (Å²) in [5.74, 6) is -1.68. The molecule has 0 spiro atoms. The molecule has 0 radical (unpaired) electrons. The molecule has 1 fully saturated rings. The number of aliphatic carboxylic acids is 1. The van der Waals surface area contributed by atoms with E-state index in [4.69, 9.17) is 0 Å². The number of amides is 2. The SMILES string of the molecule is CCC(CC)(CNC(=O)C1CC(=O)N(c2cccc(C)c2C)C1)C(=O)O. The summed E-state index contributed by atoms with van der Waals surface area (Å²) in [5.41, 5.74) is 2.02. The number of benzene rings is 1. The molecular formula is C20H28N2O4. The van der Waals surface area contributed by atoms with Crippen molar-refractivity contribution in [2.24, 2.45) is 11.3 Å². The van der Waals surface area contributed by atoms with Crippen LogP contribution < -0.4 is 10.2 Å². The van der Waals surface area contributed by atoms with Crippen molar-refractivity contribution < 1.29 is 19.5 Å². The van der Waals surface area contributed by atoms with Crippen molar-refractivity contribution in [1.29, 1.82) is 0 Å². The zero-order chi connectivity index (χ0) is 19.5. The highest BCUT2D eigenvalue weighted by Gasteiger charge is 2.39. The van der Waals surface area contributed by atoms with Gasteiger partial charge in [-0.15, -0.1) is 0 Å². The average Bonchev–Trinajstić information content (AvgIpc) is 3.00. The molecule has 0 aromatic heterocycles. The number of carboxylic acids is 1. The molecule has 26 heavy (non-hydrogen) atoms. The first-order valence-electron chi connectivity index (χ1n) is 9.13. The van der Waals surface area contributed by atoms with Crippen molar-refractivity contribution in [3.05, 3.63) is 29.3 Å². The summed E-state index contributed by atoms with van der Waals surface area (Å²) >= 11 is 0. The van der Waals surface area contributed by atoms with E-state index in [1.54, 1.807) is 4.90 Å². The van der Waals surface area contributed by atoms with E-state index in [1.807, 2.05) is 45.9 Å². The van der Waals surface area contributed by atoms with Gasteiger partial charge in [0, 0.05) is 25.2 Å². The minimum Gasteiger partial charge on any atom is -0.481 e. The number of hydrogen-bond acceptors (Lipinski definition) is 3. The molecule has 1 aromatic rings. The van der Waals surface area contributed by atoms with Crippen molar-refractivity contribution in [2.45, 2.75) is 47.0 Å². The Morgan fingerprint density at radius 2 is 1.92 bits per heavy atom. The number of carboxylic acid groups (broad SMARTS) is 1. The third-order valence-electron chi connectivity index (χ3n) is 5.77. The van der Waals surface area contributed by atoms with Crippen molar-refractivity contribution >= 4 is 23.5 Å². The predicted octanol–water partition coefficient (Wildman–Crippen LogP) is 2.66. The van der Waals surface area contributed by atoms with Crippen LogP contribution >= 0.6 is 0 Å². The molecule has 2 rings (SSSR count). The molecular weight excluding hydrogens is 332 g/mol. The van der Waals surface area contributed by atoms with Gasteiger partial charge in [-0.05, 0) is 43.9 Å². The van der Waals surface area contributed by atoms with Crippen molar-refractivity contribution in [1.82, 2.24) is 5.32 Å². The number of hydrogen-bond donors (Lipinski definition) is 2. The van der Waals surface area contributed by atoms with E-state index in [-0.39, 0.29) is 24.8 Å². The van der Waals surface area contributed by atoms with Crippen LogP contribution in [0.2, 0.25) is 0 Å². The molecule has 1 aliphatic rings. The lowest BCUT2D eigenvalue weighted by Gasteiger charge is -2.27. The first-order valence-corrected chi connectivity index (χ1v) is 9.13. The Kier molecular flexibility index (Phi) is 6.05. The highest BCUT2D eigenvalue weighted by atomic mass is 16.4. The lowest BCUT2D eigenvalue weighted by molar-refractivity contribution is -0.149. The summed E-state index contributed by atoms with van der Waals surface area (Å²) < 4.78 is 0. The number of anilines is 1. The summed E-state index contributed by atoms with van der Waals surface area (Å²) in [7, 11) is 0. The molecule has 1 atom stereocenters. The van der Waals surface area contributed by atoms with Crippen LogP contribution in [0.25, 0.3) is 0 Å². The van der Waals surface area contributed by atoms with Gasteiger partial charge in [0.05, 0.1) is 11.3 Å². The van der Waals surface area contributed by atoms with E-state index in [0.29, 0.717) is 19.4 Å². The van der Waals surface area contributed by atoms with Gasteiger partial charge in [0.2, 0.25) is 11.8 Å². The summed E-state index contributed by atoms with van der Waals surface area (Å²) in [4.78, 5) is 38.2. The maximum absolute atomic E-state index is 12.5. The maximum Gasteiger partial charge on any atom is 0.311 e. The second kappa shape index (κ2) is 7.89. The minimum atomic E-state index is -0.953. The maximum atomic E-state index is 12.5. The van der Waals surface area contributed by atoms with Crippen LogP contribution in [0, 0.1) is 25.2 Å². The number of nitrogens with zero attached hydrogens (tertiary/aromatic N) is 1. The van der Waals surface area contributed by atoms with Gasteiger partial charge >= 0.3 is 5.97 Å². The molecule has 2 amide bonds. The van der Waals surface area contributed by atoms with Crippen LogP contribution in [-0.2, 0) is 14.4 Å². The van der Waals surface area contributed by atoms with Gasteiger partial charge in [0.15, 0.2) is 0 Å². The molecule has 2 N–H and O–H groups in total. The lowest BCUT2D eigenvalue weighted by atomic mass is 9.82. The van der Waals surface area contributed by atoms with Crippen LogP contribution in [0.4, 0.5) is 5.69 Å². The van der Waals surface area contributed by atoms with Crippen LogP contribution in [0.3, 0.4) is 0 Å². The second-order valence-electron chi connectivity index (χ2n) is 7.13. The Bertz CT molecular complexity index is 710. The first kappa shape index (κ1) is 19.9. The number of rotatable bonds is 7. The van der Waals surface area contributed by atoms with E-state index in [0.717, 1.165) is 16.8 Å². The Morgan fingerprint density at radius 1 is 1.27 bits per heavy atom. The molecule has 142 valence electrons. The molecule has 0 aliphatic carbocycles. The monoisotopic (exact) mass is 360 g/mol. The molecule has 1 aromatic carbocycles. The quantitative estimate of drug-likeness (QED) is 0.783. The van der Waals surface area contributed by atoms with E-state index in [2.05, 4.69) is 5.32 Å². The molecule has 1 aliphatic heterocycles. The highest BCUT2D eigenvalue weighted by molar-refractivity contribution is 6.01. The van der Waals surface area contributed by atoms with Crippen LogP contribution in [0.1, 0.15) is 44.2 Å². The molecule has 1 saturated heterocycles. The lowest BCUT2D eigenvalue weighted by Crippen LogP contribution is -2.44. The molecule has 6 heteroatoms. The molecule has 6 nitrogen and oxygen atoms in total. The number of aryl methyl sites for hydroxylation is 1. The number of carbonyl (C=O) groups excluding carboxylic acids is 2. The zero-order valence-electron chi connectivity index (χ0n) is 16.0. The van der Waals surface area contributed by atoms with Crippen LogP contribution in [0.5, 0.6) is 0 Å². The van der Waals surface area contributed by atoms with Crippen molar-refractivity contribution in [3.63, 3.8) is 0 Å². The van der Waals surface area contributed by atoms with Gasteiger partial charge in [-0.2, -0.15) is 0 Å². The molecule has 0 bridgehead atoms. The molecule has 1 unspecified atom stereocenters. The van der Waals surface area contributed by atoms with Gasteiger partial charge in [0.25, 0.3) is 0 Å². The van der Waals surface area contributed by atoms with Crippen LogP contribution in [-0.4, -0.2) is 36.0 Å². The summed E-state index contributed by atoms with van der Waals surface area (Å²) in [6.45, 7) is 7.99. The van der Waals surface area contributed by atoms with Gasteiger partial charge < -0.3 is 15.3 Å². The highest BCUT2D eigenvalue weighted by Crippen LogP contribution is 2.30. The fourth-order valence-corrected chi connectivity index (χ4v) is 3.42. The second-order valence-corrected chi connectivity index (χ2v) is 7.13. The predicted molar refractivity (Wildman–Crippen MR) is 100 cm³/mol. The summed E-state index contributed by atoms with van der Waals surface area (Å²) in [6.07, 6.45) is 1.03.